The highest BCUT2D eigenvalue weighted by atomic mass is 127. The number of benzene rings is 3. The summed E-state index contributed by atoms with van der Waals surface area (Å²) in [6, 6.07) is 13.8. The van der Waals surface area contributed by atoms with E-state index in [1.807, 2.05) is 45.2 Å². The fourth-order valence-electron chi connectivity index (χ4n) is 3.87. The second kappa shape index (κ2) is 13.3. The summed E-state index contributed by atoms with van der Waals surface area (Å²) in [7, 11) is 1.18. The summed E-state index contributed by atoms with van der Waals surface area (Å²) in [5.74, 6) is -1.69. The molecule has 0 bridgehead atoms. The molecule has 1 aliphatic heterocycles. The van der Waals surface area contributed by atoms with Crippen molar-refractivity contribution in [1.29, 1.82) is 0 Å². The molecule has 1 atom stereocenters. The number of carbonyl (C=O) groups is 4. The maximum Gasteiger partial charge on any atom is 0.331 e. The topological polar surface area (TPSA) is 113 Å². The van der Waals surface area contributed by atoms with Crippen LogP contribution < -0.4 is 4.74 Å². The van der Waals surface area contributed by atoms with Gasteiger partial charge in [-0.1, -0.05) is 18.2 Å². The van der Waals surface area contributed by atoms with E-state index in [9.17, 15) is 24.3 Å². The summed E-state index contributed by atoms with van der Waals surface area (Å²) in [5.41, 5.74) is 0.833. The number of amides is 3. The van der Waals surface area contributed by atoms with Gasteiger partial charge in [-0.05, 0) is 132 Å². The molecule has 3 aromatic rings. The van der Waals surface area contributed by atoms with Gasteiger partial charge >= 0.3 is 5.97 Å². The Morgan fingerprint density at radius 1 is 0.900 bits per heavy atom. The Kier molecular flexibility index (Phi) is 10.3. The number of hydrogen-bond donors (Lipinski definition) is 1. The van der Waals surface area contributed by atoms with Crippen LogP contribution in [0.25, 0.3) is 0 Å². The van der Waals surface area contributed by atoms with E-state index >= 15 is 0 Å². The van der Waals surface area contributed by atoms with Gasteiger partial charge in [-0.15, -0.1) is 0 Å². The van der Waals surface area contributed by atoms with Crippen LogP contribution in [0.4, 0.5) is 0 Å². The largest absolute Gasteiger partial charge is 0.506 e. The lowest BCUT2D eigenvalue weighted by Gasteiger charge is -2.35. The van der Waals surface area contributed by atoms with Gasteiger partial charge in [0.15, 0.2) is 11.8 Å². The normalized spacial score (nSPS) is 13.4. The van der Waals surface area contributed by atoms with E-state index in [0.717, 1.165) is 24.3 Å². The van der Waals surface area contributed by atoms with E-state index in [1.54, 1.807) is 42.5 Å². The molecule has 0 spiro atoms. The van der Waals surface area contributed by atoms with Crippen molar-refractivity contribution in [2.75, 3.05) is 7.11 Å². The van der Waals surface area contributed by atoms with Crippen molar-refractivity contribution < 1.29 is 33.8 Å². The first-order valence-corrected chi connectivity index (χ1v) is 15.7. The molecule has 4 rings (SSSR count). The lowest BCUT2D eigenvalue weighted by Crippen LogP contribution is -2.58. The van der Waals surface area contributed by atoms with Gasteiger partial charge in [0.25, 0.3) is 17.7 Å². The van der Waals surface area contributed by atoms with E-state index in [4.69, 9.17) is 9.47 Å². The van der Waals surface area contributed by atoms with E-state index in [2.05, 4.69) is 45.2 Å². The molecular weight excluding hydrogens is 972 g/mol. The number of methoxy groups -OCH3 is 1. The summed E-state index contributed by atoms with van der Waals surface area (Å²) in [6.07, 6.45) is 2.04. The van der Waals surface area contributed by atoms with E-state index in [0.29, 0.717) is 29.2 Å². The third-order valence-electron chi connectivity index (χ3n) is 5.70. The quantitative estimate of drug-likeness (QED) is 0.176. The molecule has 13 heteroatoms. The SMILES string of the molecule is COC(=O)[C@H](Cc1cc(I)c(Oc2cc(I)c(O)c(I)c2)c(I)c1)N(C(=O)c1ccccc1)N1C(=O)C=CC1=O. The second-order valence-electron chi connectivity index (χ2n) is 8.31. The first-order valence-electron chi connectivity index (χ1n) is 11.4. The van der Waals surface area contributed by atoms with E-state index < -0.39 is 29.7 Å². The Labute approximate surface area is 283 Å². The van der Waals surface area contributed by atoms with Crippen LogP contribution in [-0.4, -0.2) is 52.0 Å². The van der Waals surface area contributed by atoms with Crippen LogP contribution in [0.1, 0.15) is 15.9 Å². The maximum atomic E-state index is 13.6. The van der Waals surface area contributed by atoms with Crippen molar-refractivity contribution in [2.24, 2.45) is 0 Å². The summed E-state index contributed by atoms with van der Waals surface area (Å²) in [6.45, 7) is 0. The molecule has 1 N–H and O–H groups in total. The smallest absolute Gasteiger partial charge is 0.331 e. The van der Waals surface area contributed by atoms with E-state index in [-0.39, 0.29) is 17.7 Å². The zero-order valence-corrected chi connectivity index (χ0v) is 29.1. The number of rotatable bonds is 8. The van der Waals surface area contributed by atoms with Crippen molar-refractivity contribution in [3.63, 3.8) is 0 Å². The molecular formula is C27H18I4N2O7. The number of halogens is 4. The predicted octanol–water partition coefficient (Wildman–Crippen LogP) is 5.67. The number of hydrogen-bond acceptors (Lipinski definition) is 7. The lowest BCUT2D eigenvalue weighted by atomic mass is 10.0. The van der Waals surface area contributed by atoms with E-state index in [1.165, 1.54) is 19.2 Å². The Balaban J connectivity index is 1.71. The molecule has 0 aromatic heterocycles. The molecule has 206 valence electrons. The summed E-state index contributed by atoms with van der Waals surface area (Å²) >= 11 is 8.28. The number of aromatic hydroxyl groups is 1. The molecule has 9 nitrogen and oxygen atoms in total. The maximum absolute atomic E-state index is 13.6. The van der Waals surface area contributed by atoms with Crippen molar-refractivity contribution in [3.8, 4) is 17.2 Å². The fraction of sp³-hybridized carbons (Fsp3) is 0.111. The Morgan fingerprint density at radius 2 is 1.45 bits per heavy atom. The highest BCUT2D eigenvalue weighted by Crippen LogP contribution is 2.37. The predicted molar refractivity (Wildman–Crippen MR) is 179 cm³/mol. The number of imide groups is 1. The molecule has 3 aromatic carbocycles. The summed E-state index contributed by atoms with van der Waals surface area (Å²) < 4.78 is 13.9. The van der Waals surface area contributed by atoms with Crippen molar-refractivity contribution in [3.05, 3.63) is 92.2 Å². The van der Waals surface area contributed by atoms with Crippen LogP contribution in [0.15, 0.2) is 66.7 Å². The van der Waals surface area contributed by atoms with Gasteiger partial charge in [0.2, 0.25) is 0 Å². The molecule has 3 amide bonds. The number of esters is 1. The highest BCUT2D eigenvalue weighted by molar-refractivity contribution is 14.1. The third-order valence-corrected chi connectivity index (χ3v) is 8.94. The van der Waals surface area contributed by atoms with Crippen LogP contribution >= 0.6 is 90.4 Å². The molecule has 0 saturated carbocycles. The molecule has 1 aliphatic rings. The molecule has 40 heavy (non-hydrogen) atoms. The van der Waals surface area contributed by atoms with Crippen molar-refractivity contribution >= 4 is 114 Å². The van der Waals surface area contributed by atoms with Gasteiger partial charge in [0, 0.05) is 24.1 Å². The van der Waals surface area contributed by atoms with Gasteiger partial charge in [-0.2, -0.15) is 5.01 Å². The Bertz CT molecular complexity index is 1480. The number of phenols is 1. The summed E-state index contributed by atoms with van der Waals surface area (Å²) in [5, 5.41) is 11.6. The van der Waals surface area contributed by atoms with Gasteiger partial charge in [-0.3, -0.25) is 14.4 Å². The van der Waals surface area contributed by atoms with Gasteiger partial charge in [0.1, 0.15) is 11.5 Å². The van der Waals surface area contributed by atoms with Gasteiger partial charge < -0.3 is 14.6 Å². The minimum atomic E-state index is -1.33. The Hall–Kier alpha value is -2.00. The standard InChI is InChI=1S/C27H18I4N2O7/c1-39-27(38)21(32(33-22(34)7-8-23(33)35)26(37)15-5-3-2-4-6-15)11-14-9-19(30)25(20(31)10-14)40-16-12-17(28)24(36)18(29)13-16/h2-10,12-13,21,36H,11H2,1H3/t21-/m0/s1. The average Bonchev–Trinajstić information content (AvgIpc) is 3.26. The van der Waals surface area contributed by atoms with Crippen molar-refractivity contribution in [2.45, 2.75) is 12.5 Å². The fourth-order valence-corrected chi connectivity index (χ4v) is 7.69. The van der Waals surface area contributed by atoms with Gasteiger partial charge in [0.05, 0.1) is 21.4 Å². The molecule has 0 unspecified atom stereocenters. The molecule has 0 fully saturated rings. The van der Waals surface area contributed by atoms with Crippen LogP contribution in [0, 0.1) is 14.3 Å². The molecule has 0 aliphatic carbocycles. The van der Waals surface area contributed by atoms with Crippen LogP contribution in [0.5, 0.6) is 17.2 Å². The zero-order valence-electron chi connectivity index (χ0n) is 20.4. The number of hydrazine groups is 1. The van der Waals surface area contributed by atoms with Crippen LogP contribution in [0.2, 0.25) is 0 Å². The first-order chi connectivity index (χ1) is 19.0. The minimum absolute atomic E-state index is 0.0520. The number of nitrogens with zero attached hydrogens (tertiary/aromatic N) is 2. The summed E-state index contributed by atoms with van der Waals surface area (Å²) in [4.78, 5) is 52.1. The molecule has 0 radical (unpaired) electrons. The molecule has 0 saturated heterocycles. The number of phenolic OH excluding ortho intramolecular Hbond substituents is 1. The molecule has 1 heterocycles. The number of ether oxygens (including phenoxy) is 2. The second-order valence-corrected chi connectivity index (χ2v) is 13.0. The van der Waals surface area contributed by atoms with Crippen molar-refractivity contribution in [1.82, 2.24) is 10.0 Å². The van der Waals surface area contributed by atoms with Crippen LogP contribution in [-0.2, 0) is 25.5 Å². The van der Waals surface area contributed by atoms with Crippen LogP contribution in [0.3, 0.4) is 0 Å². The zero-order chi connectivity index (χ0) is 29.1. The first kappa shape index (κ1) is 30.9. The lowest BCUT2D eigenvalue weighted by molar-refractivity contribution is -0.163. The van der Waals surface area contributed by atoms with Gasteiger partial charge in [-0.25, -0.2) is 9.80 Å². The highest BCUT2D eigenvalue weighted by Gasteiger charge is 2.42. The monoisotopic (exact) mass is 990 g/mol. The average molecular weight is 990 g/mol. The Morgan fingerprint density at radius 3 is 1.98 bits per heavy atom. The number of carbonyl (C=O) groups excluding carboxylic acids is 4. The minimum Gasteiger partial charge on any atom is -0.506 e. The third kappa shape index (κ3) is 6.72.